The van der Waals surface area contributed by atoms with Crippen LogP contribution in [0.5, 0.6) is 0 Å². The van der Waals surface area contributed by atoms with E-state index in [1.54, 1.807) is 12.2 Å². The summed E-state index contributed by atoms with van der Waals surface area (Å²) in [6.45, 7) is 1.55. The molecule has 0 aromatic heterocycles. The van der Waals surface area contributed by atoms with Gasteiger partial charge in [0.2, 0.25) is 0 Å². The molecule has 0 aliphatic carbocycles. The monoisotopic (exact) mass is 528 g/mol. The number of aliphatic hydroxyl groups is 3. The van der Waals surface area contributed by atoms with Crippen LogP contribution in [0.3, 0.4) is 0 Å². The van der Waals surface area contributed by atoms with Crippen LogP contribution in [-0.2, 0) is 9.59 Å². The Hall–Kier alpha value is -2.34. The fourth-order valence-corrected chi connectivity index (χ4v) is 3.75. The predicted molar refractivity (Wildman–Crippen MR) is 159 cm³/mol. The maximum Gasteiger partial charge on any atom is 0.186 e. The fourth-order valence-electron chi connectivity index (χ4n) is 3.75. The van der Waals surface area contributed by atoms with Gasteiger partial charge < -0.3 is 15.3 Å². The van der Waals surface area contributed by atoms with Gasteiger partial charge in [-0.05, 0) is 31.8 Å². The Labute approximate surface area is 231 Å². The predicted octanol–water partition coefficient (Wildman–Crippen LogP) is 7.05. The second kappa shape index (κ2) is 27.7. The van der Waals surface area contributed by atoms with E-state index in [2.05, 4.69) is 19.1 Å². The first-order chi connectivity index (χ1) is 18.5. The van der Waals surface area contributed by atoms with Crippen LogP contribution in [0.2, 0.25) is 0 Å². The van der Waals surface area contributed by atoms with Gasteiger partial charge in [0.1, 0.15) is 18.0 Å². The first-order valence-corrected chi connectivity index (χ1v) is 14.5. The van der Waals surface area contributed by atoms with E-state index >= 15 is 0 Å². The molecule has 0 saturated heterocycles. The Morgan fingerprint density at radius 2 is 1.05 bits per heavy atom. The van der Waals surface area contributed by atoms with E-state index < -0.39 is 24.6 Å². The van der Waals surface area contributed by atoms with Crippen LogP contribution < -0.4 is 0 Å². The highest BCUT2D eigenvalue weighted by molar-refractivity contribution is 5.94. The fraction of sp³-hybridized carbons (Fsp3) is 0.576. The molecule has 0 aromatic carbocycles. The molecule has 0 bridgehead atoms. The average molecular weight is 529 g/mol. The highest BCUT2D eigenvalue weighted by Crippen LogP contribution is 2.12. The number of hydrogen-bond donors (Lipinski definition) is 3. The van der Waals surface area contributed by atoms with Gasteiger partial charge in [-0.15, -0.1) is 0 Å². The molecule has 0 saturated carbocycles. The second-order valence-corrected chi connectivity index (χ2v) is 9.64. The Morgan fingerprint density at radius 3 is 1.58 bits per heavy atom. The van der Waals surface area contributed by atoms with Gasteiger partial charge in [-0.3, -0.25) is 9.59 Å². The van der Waals surface area contributed by atoms with Crippen molar-refractivity contribution >= 4 is 11.6 Å². The molecule has 3 N–H and O–H groups in total. The summed E-state index contributed by atoms with van der Waals surface area (Å²) in [4.78, 5) is 23.4. The van der Waals surface area contributed by atoms with Crippen molar-refractivity contribution in [1.29, 1.82) is 0 Å². The molecule has 0 spiro atoms. The Balaban J connectivity index is 3.64. The summed E-state index contributed by atoms with van der Waals surface area (Å²) in [6.07, 6.45) is 36.0. The number of Topliss-reactive ketones (excluding diaryl/α,β-unsaturated/α-hetero) is 1. The van der Waals surface area contributed by atoms with Crippen molar-refractivity contribution in [2.24, 2.45) is 0 Å². The third-order valence-corrected chi connectivity index (χ3v) is 6.13. The zero-order chi connectivity index (χ0) is 28.1. The molecule has 0 rings (SSSR count). The van der Waals surface area contributed by atoms with Gasteiger partial charge in [-0.25, -0.2) is 0 Å². The summed E-state index contributed by atoms with van der Waals surface area (Å²) in [5.41, 5.74) is 0. The summed E-state index contributed by atoms with van der Waals surface area (Å²) in [7, 11) is 0. The molecule has 0 fully saturated rings. The van der Waals surface area contributed by atoms with Crippen LogP contribution >= 0.6 is 0 Å². The molecule has 5 heteroatoms. The van der Waals surface area contributed by atoms with E-state index in [0.29, 0.717) is 5.78 Å². The molecule has 0 heterocycles. The molecule has 0 amide bonds. The van der Waals surface area contributed by atoms with Crippen LogP contribution in [0.15, 0.2) is 72.9 Å². The number of ketones is 2. The SMILES string of the molecule is CCCCCCCC(=O)CCCCCCCCCC=CC=CC=CC=CC=CC=CC(=O)C(O)C(O)CO. The second-order valence-electron chi connectivity index (χ2n) is 9.64. The van der Waals surface area contributed by atoms with Crippen LogP contribution in [0.1, 0.15) is 103 Å². The van der Waals surface area contributed by atoms with Crippen molar-refractivity contribution in [1.82, 2.24) is 0 Å². The summed E-state index contributed by atoms with van der Waals surface area (Å²) < 4.78 is 0. The maximum atomic E-state index is 11.9. The number of allylic oxidation sites excluding steroid dienone is 11. The van der Waals surface area contributed by atoms with Crippen LogP contribution in [0, 0.1) is 0 Å². The number of aliphatic hydroxyl groups excluding tert-OH is 3. The third kappa shape index (κ3) is 24.0. The number of hydrogen-bond acceptors (Lipinski definition) is 5. The van der Waals surface area contributed by atoms with Crippen molar-refractivity contribution < 1.29 is 24.9 Å². The van der Waals surface area contributed by atoms with E-state index in [4.69, 9.17) is 5.11 Å². The van der Waals surface area contributed by atoms with E-state index in [1.165, 1.54) is 70.3 Å². The maximum absolute atomic E-state index is 11.9. The number of carbonyl (C=O) groups is 2. The summed E-state index contributed by atoms with van der Waals surface area (Å²) in [5.74, 6) is -0.194. The molecule has 5 nitrogen and oxygen atoms in total. The number of rotatable bonds is 25. The quantitative estimate of drug-likeness (QED) is 0.0670. The van der Waals surface area contributed by atoms with Crippen molar-refractivity contribution in [3.63, 3.8) is 0 Å². The molecule has 38 heavy (non-hydrogen) atoms. The first kappa shape index (κ1) is 35.7. The summed E-state index contributed by atoms with van der Waals surface area (Å²) in [5, 5.41) is 27.3. The lowest BCUT2D eigenvalue weighted by Crippen LogP contribution is -2.35. The molecular weight excluding hydrogens is 476 g/mol. The van der Waals surface area contributed by atoms with Gasteiger partial charge in [-0.2, -0.15) is 0 Å². The zero-order valence-corrected chi connectivity index (χ0v) is 23.6. The third-order valence-electron chi connectivity index (χ3n) is 6.13. The Bertz CT molecular complexity index is 757. The van der Waals surface area contributed by atoms with Gasteiger partial charge in [0, 0.05) is 12.8 Å². The lowest BCUT2D eigenvalue weighted by Gasteiger charge is -2.11. The molecular formula is C33H52O5. The molecule has 0 radical (unpaired) electrons. The topological polar surface area (TPSA) is 94.8 Å². The van der Waals surface area contributed by atoms with Crippen molar-refractivity contribution in [3.8, 4) is 0 Å². The first-order valence-electron chi connectivity index (χ1n) is 14.5. The minimum Gasteiger partial charge on any atom is -0.394 e. The van der Waals surface area contributed by atoms with Crippen LogP contribution in [-0.4, -0.2) is 45.7 Å². The number of carbonyl (C=O) groups excluding carboxylic acids is 2. The molecule has 214 valence electrons. The molecule has 0 aliphatic rings. The van der Waals surface area contributed by atoms with Gasteiger partial charge in [-0.1, -0.05) is 132 Å². The molecule has 2 unspecified atom stereocenters. The van der Waals surface area contributed by atoms with Crippen molar-refractivity contribution in [2.45, 2.75) is 115 Å². The van der Waals surface area contributed by atoms with Gasteiger partial charge in [0.05, 0.1) is 6.61 Å². The normalized spacial score (nSPS) is 14.3. The smallest absolute Gasteiger partial charge is 0.186 e. The van der Waals surface area contributed by atoms with Gasteiger partial charge >= 0.3 is 0 Å². The highest BCUT2D eigenvalue weighted by Gasteiger charge is 2.20. The summed E-state index contributed by atoms with van der Waals surface area (Å²) in [6, 6.07) is 0. The van der Waals surface area contributed by atoms with E-state index in [9.17, 15) is 19.8 Å². The van der Waals surface area contributed by atoms with Gasteiger partial charge in [0.15, 0.2) is 5.78 Å². The van der Waals surface area contributed by atoms with Crippen molar-refractivity contribution in [2.75, 3.05) is 6.61 Å². The molecule has 2 atom stereocenters. The van der Waals surface area contributed by atoms with E-state index in [-0.39, 0.29) is 0 Å². The Kier molecular flexibility index (Phi) is 26.0. The average Bonchev–Trinajstić information content (AvgIpc) is 2.92. The summed E-state index contributed by atoms with van der Waals surface area (Å²) >= 11 is 0. The van der Waals surface area contributed by atoms with Crippen molar-refractivity contribution in [3.05, 3.63) is 72.9 Å². The molecule has 0 aliphatic heterocycles. The zero-order valence-electron chi connectivity index (χ0n) is 23.6. The van der Waals surface area contributed by atoms with E-state index in [0.717, 1.165) is 38.2 Å². The minimum atomic E-state index is -1.61. The van der Waals surface area contributed by atoms with E-state index in [1.807, 2.05) is 36.5 Å². The van der Waals surface area contributed by atoms with Crippen LogP contribution in [0.4, 0.5) is 0 Å². The van der Waals surface area contributed by atoms with Crippen LogP contribution in [0.25, 0.3) is 0 Å². The Morgan fingerprint density at radius 1 is 0.605 bits per heavy atom. The molecule has 0 aromatic rings. The van der Waals surface area contributed by atoms with Gasteiger partial charge in [0.25, 0.3) is 0 Å². The standard InChI is InChI=1S/C33H52O5/c1-2-3-4-20-23-26-30(35)27-24-21-18-16-14-12-10-8-6-5-7-9-11-13-15-17-19-22-25-28-31(36)33(38)32(37)29-34/h5-7,9,11,13,15,17,19,22,25,28,32-34,37-38H,2-4,8,10,12,14,16,18,20-21,23-24,26-27,29H2,1H3. The highest BCUT2D eigenvalue weighted by atomic mass is 16.4. The lowest BCUT2D eigenvalue weighted by atomic mass is 10.0. The minimum absolute atomic E-state index is 0.461. The largest absolute Gasteiger partial charge is 0.394 e. The lowest BCUT2D eigenvalue weighted by molar-refractivity contribution is -0.129. The number of unbranched alkanes of at least 4 members (excludes halogenated alkanes) is 11.